The third-order valence-electron chi connectivity index (χ3n) is 2.60. The van der Waals surface area contributed by atoms with Crippen LogP contribution >= 0.6 is 0 Å². The van der Waals surface area contributed by atoms with Crippen LogP contribution in [0.1, 0.15) is 16.8 Å². The third-order valence-corrected chi connectivity index (χ3v) is 2.60. The average Bonchev–Trinajstić information content (AvgIpc) is 2.79. The van der Waals surface area contributed by atoms with Gasteiger partial charge in [0.1, 0.15) is 0 Å². The van der Waals surface area contributed by atoms with Crippen LogP contribution in [0.5, 0.6) is 0 Å². The molecule has 2 aromatic heterocycles. The molecule has 3 heterocycles. The highest BCUT2D eigenvalue weighted by molar-refractivity contribution is 5.21. The molecule has 0 unspecified atom stereocenters. The monoisotopic (exact) mass is 200 g/mol. The van der Waals surface area contributed by atoms with Crippen molar-refractivity contribution in [2.24, 2.45) is 0 Å². The molecule has 0 spiro atoms. The predicted molar refractivity (Wildman–Crippen MR) is 56.1 cm³/mol. The minimum atomic E-state index is 0.806. The second-order valence-electron chi connectivity index (χ2n) is 3.76. The van der Waals surface area contributed by atoms with Gasteiger partial charge in [-0.15, -0.1) is 0 Å². The van der Waals surface area contributed by atoms with Crippen LogP contribution in [0.2, 0.25) is 0 Å². The maximum absolute atomic E-state index is 4.51. The van der Waals surface area contributed by atoms with Crippen LogP contribution in [0, 0.1) is 0 Å². The molecule has 15 heavy (non-hydrogen) atoms. The number of fused-ring (bicyclic) bond motifs is 1. The first-order valence-electron chi connectivity index (χ1n) is 5.06. The summed E-state index contributed by atoms with van der Waals surface area (Å²) in [5, 5.41) is 7.78. The van der Waals surface area contributed by atoms with E-state index in [1.807, 2.05) is 16.9 Å². The van der Waals surface area contributed by atoms with Crippen LogP contribution in [0.3, 0.4) is 0 Å². The SMILES string of the molecule is c1cncc(Cn2cc3c(n2)CNC3)c1. The summed E-state index contributed by atoms with van der Waals surface area (Å²) in [7, 11) is 0. The Hall–Kier alpha value is -1.68. The van der Waals surface area contributed by atoms with E-state index in [2.05, 4.69) is 27.7 Å². The lowest BCUT2D eigenvalue weighted by Crippen LogP contribution is -2.06. The van der Waals surface area contributed by atoms with Crippen LogP contribution in [0.4, 0.5) is 0 Å². The predicted octanol–water partition coefficient (Wildman–Crippen LogP) is 0.930. The summed E-state index contributed by atoms with van der Waals surface area (Å²) in [5.41, 5.74) is 3.68. The summed E-state index contributed by atoms with van der Waals surface area (Å²) in [5.74, 6) is 0. The Bertz CT molecular complexity index is 439. The van der Waals surface area contributed by atoms with Crippen LogP contribution < -0.4 is 5.32 Å². The zero-order chi connectivity index (χ0) is 10.1. The summed E-state index contributed by atoms with van der Waals surface area (Å²) >= 11 is 0. The standard InChI is InChI=1S/C11H12N4/c1-2-9(4-12-3-1)7-15-8-10-5-13-6-11(10)14-15/h1-4,8,13H,5-7H2. The third kappa shape index (κ3) is 1.64. The Morgan fingerprint density at radius 3 is 3.20 bits per heavy atom. The molecule has 4 nitrogen and oxygen atoms in total. The Kier molecular flexibility index (Phi) is 1.99. The summed E-state index contributed by atoms with van der Waals surface area (Å²) in [4.78, 5) is 4.09. The van der Waals surface area contributed by atoms with Crippen molar-refractivity contribution in [3.8, 4) is 0 Å². The molecule has 1 aliphatic rings. The number of hydrogen-bond donors (Lipinski definition) is 1. The van der Waals surface area contributed by atoms with Gasteiger partial charge in [-0.1, -0.05) is 6.07 Å². The first-order chi connectivity index (χ1) is 7.42. The van der Waals surface area contributed by atoms with Crippen molar-refractivity contribution in [1.29, 1.82) is 0 Å². The molecule has 0 aliphatic carbocycles. The van der Waals surface area contributed by atoms with E-state index in [9.17, 15) is 0 Å². The molecule has 1 N–H and O–H groups in total. The van der Waals surface area contributed by atoms with Crippen molar-refractivity contribution in [2.45, 2.75) is 19.6 Å². The van der Waals surface area contributed by atoms with Crippen LogP contribution in [-0.2, 0) is 19.6 Å². The van der Waals surface area contributed by atoms with E-state index in [4.69, 9.17) is 0 Å². The number of hydrogen-bond acceptors (Lipinski definition) is 3. The molecular formula is C11H12N4. The topological polar surface area (TPSA) is 42.7 Å². The average molecular weight is 200 g/mol. The van der Waals surface area contributed by atoms with Crippen molar-refractivity contribution in [2.75, 3.05) is 0 Å². The molecule has 0 atom stereocenters. The lowest BCUT2D eigenvalue weighted by Gasteiger charge is -2.01. The Balaban J connectivity index is 1.83. The molecule has 0 bridgehead atoms. The van der Waals surface area contributed by atoms with E-state index in [0.717, 1.165) is 19.6 Å². The molecule has 0 amide bonds. The van der Waals surface area contributed by atoms with Gasteiger partial charge in [0.15, 0.2) is 0 Å². The highest BCUT2D eigenvalue weighted by Crippen LogP contribution is 2.13. The van der Waals surface area contributed by atoms with Gasteiger partial charge in [-0.05, 0) is 11.6 Å². The minimum Gasteiger partial charge on any atom is -0.307 e. The molecule has 0 fully saturated rings. The number of aromatic nitrogens is 3. The normalized spacial score (nSPS) is 14.1. The van der Waals surface area contributed by atoms with Crippen molar-refractivity contribution in [3.63, 3.8) is 0 Å². The molecule has 0 saturated carbocycles. The van der Waals surface area contributed by atoms with E-state index in [-0.39, 0.29) is 0 Å². The minimum absolute atomic E-state index is 0.806. The van der Waals surface area contributed by atoms with E-state index in [1.165, 1.54) is 16.8 Å². The highest BCUT2D eigenvalue weighted by atomic mass is 15.3. The molecule has 0 saturated heterocycles. The van der Waals surface area contributed by atoms with Gasteiger partial charge in [-0.3, -0.25) is 9.67 Å². The van der Waals surface area contributed by atoms with Crippen molar-refractivity contribution >= 4 is 0 Å². The number of pyridine rings is 1. The molecule has 1 aliphatic heterocycles. The zero-order valence-electron chi connectivity index (χ0n) is 8.35. The Morgan fingerprint density at radius 1 is 1.40 bits per heavy atom. The van der Waals surface area contributed by atoms with Gasteiger partial charge in [0, 0.05) is 37.2 Å². The maximum Gasteiger partial charge on any atom is 0.0807 e. The van der Waals surface area contributed by atoms with E-state index < -0.39 is 0 Å². The Morgan fingerprint density at radius 2 is 2.40 bits per heavy atom. The van der Waals surface area contributed by atoms with E-state index in [1.54, 1.807) is 6.20 Å². The molecule has 0 aromatic carbocycles. The van der Waals surface area contributed by atoms with Crippen molar-refractivity contribution in [1.82, 2.24) is 20.1 Å². The lowest BCUT2D eigenvalue weighted by molar-refractivity contribution is 0.644. The van der Waals surface area contributed by atoms with Gasteiger partial charge in [0.25, 0.3) is 0 Å². The fourth-order valence-electron chi connectivity index (χ4n) is 1.87. The van der Waals surface area contributed by atoms with Gasteiger partial charge >= 0.3 is 0 Å². The Labute approximate surface area is 88.0 Å². The van der Waals surface area contributed by atoms with Gasteiger partial charge < -0.3 is 5.32 Å². The number of rotatable bonds is 2. The summed E-state index contributed by atoms with van der Waals surface area (Å²) < 4.78 is 1.99. The first-order valence-corrected chi connectivity index (χ1v) is 5.06. The molecule has 0 radical (unpaired) electrons. The smallest absolute Gasteiger partial charge is 0.0807 e. The second-order valence-corrected chi connectivity index (χ2v) is 3.76. The van der Waals surface area contributed by atoms with Crippen LogP contribution in [-0.4, -0.2) is 14.8 Å². The van der Waals surface area contributed by atoms with Gasteiger partial charge in [0.05, 0.1) is 12.2 Å². The fraction of sp³-hybridized carbons (Fsp3) is 0.273. The van der Waals surface area contributed by atoms with Crippen molar-refractivity contribution in [3.05, 3.63) is 47.5 Å². The van der Waals surface area contributed by atoms with E-state index in [0.29, 0.717) is 0 Å². The second kappa shape index (κ2) is 3.47. The number of nitrogens with one attached hydrogen (secondary N) is 1. The zero-order valence-corrected chi connectivity index (χ0v) is 8.35. The molecule has 2 aromatic rings. The lowest BCUT2D eigenvalue weighted by atomic mass is 10.3. The quantitative estimate of drug-likeness (QED) is 0.784. The molecule has 3 rings (SSSR count). The van der Waals surface area contributed by atoms with Crippen LogP contribution in [0.25, 0.3) is 0 Å². The van der Waals surface area contributed by atoms with E-state index >= 15 is 0 Å². The molecular weight excluding hydrogens is 188 g/mol. The fourth-order valence-corrected chi connectivity index (χ4v) is 1.87. The number of nitrogens with zero attached hydrogens (tertiary/aromatic N) is 3. The summed E-state index contributed by atoms with van der Waals surface area (Å²) in [6.07, 6.45) is 5.78. The summed E-state index contributed by atoms with van der Waals surface area (Å²) in [6, 6.07) is 4.02. The van der Waals surface area contributed by atoms with Gasteiger partial charge in [-0.2, -0.15) is 5.10 Å². The van der Waals surface area contributed by atoms with Gasteiger partial charge in [0.2, 0.25) is 0 Å². The largest absolute Gasteiger partial charge is 0.307 e. The summed E-state index contributed by atoms with van der Waals surface area (Å²) in [6.45, 7) is 2.65. The first kappa shape index (κ1) is 8.61. The van der Waals surface area contributed by atoms with Crippen molar-refractivity contribution < 1.29 is 0 Å². The van der Waals surface area contributed by atoms with Crippen LogP contribution in [0.15, 0.2) is 30.7 Å². The van der Waals surface area contributed by atoms with Gasteiger partial charge in [-0.25, -0.2) is 0 Å². The molecule has 76 valence electrons. The molecule has 4 heteroatoms. The highest BCUT2D eigenvalue weighted by Gasteiger charge is 2.13. The maximum atomic E-state index is 4.51.